The Balaban J connectivity index is 3.06. The Morgan fingerprint density at radius 3 is 2.33 bits per heavy atom. The summed E-state index contributed by atoms with van der Waals surface area (Å²) in [6.45, 7) is 0. The molecule has 0 saturated heterocycles. The minimum Gasteiger partial charge on any atom is -0.372 e. The number of halogens is 5. The average Bonchev–Trinajstić information content (AvgIpc) is 2.42. The molecule has 0 unspecified atom stereocenters. The second-order valence-electron chi connectivity index (χ2n) is 3.96. The van der Waals surface area contributed by atoms with Crippen molar-refractivity contribution in [2.24, 2.45) is 0 Å². The van der Waals surface area contributed by atoms with Crippen molar-refractivity contribution in [1.29, 1.82) is 10.7 Å². The molecule has 1 aromatic rings. The van der Waals surface area contributed by atoms with Gasteiger partial charge < -0.3 is 10.7 Å². The molecule has 0 aliphatic carbocycles. The quantitative estimate of drug-likeness (QED) is 0.646. The minimum absolute atomic E-state index is 0.0156. The normalized spacial score (nSPS) is 11.9. The fourth-order valence-corrected chi connectivity index (χ4v) is 1.45. The maximum atomic E-state index is 12.8. The molecule has 1 aromatic heterocycles. The predicted molar refractivity (Wildman–Crippen MR) is 63.5 cm³/mol. The van der Waals surface area contributed by atoms with Crippen molar-refractivity contribution in [3.8, 4) is 6.07 Å². The van der Waals surface area contributed by atoms with Gasteiger partial charge in [0.15, 0.2) is 5.69 Å². The molecule has 0 fully saturated rings. The molecule has 0 atom stereocenters. The van der Waals surface area contributed by atoms with E-state index in [0.29, 0.717) is 0 Å². The van der Waals surface area contributed by atoms with Crippen LogP contribution in [-0.2, 0) is 6.42 Å². The molecule has 1 heterocycles. The Morgan fingerprint density at radius 1 is 1.29 bits per heavy atom. The van der Waals surface area contributed by atoms with Gasteiger partial charge in [-0.2, -0.15) is 27.2 Å². The maximum Gasteiger partial charge on any atom is 0.453 e. The smallest absolute Gasteiger partial charge is 0.372 e. The van der Waals surface area contributed by atoms with E-state index in [9.17, 15) is 22.0 Å². The third-order valence-electron chi connectivity index (χ3n) is 2.56. The monoisotopic (exact) mass is 307 g/mol. The van der Waals surface area contributed by atoms with Crippen molar-refractivity contribution in [2.75, 3.05) is 12.4 Å². The second kappa shape index (κ2) is 5.99. The Kier molecular flexibility index (Phi) is 4.77. The van der Waals surface area contributed by atoms with Crippen LogP contribution in [0.3, 0.4) is 0 Å². The van der Waals surface area contributed by atoms with Crippen LogP contribution in [0.15, 0.2) is 0 Å². The Bertz CT molecular complexity index is 576. The van der Waals surface area contributed by atoms with E-state index in [0.717, 1.165) is 6.21 Å². The molecule has 0 aliphatic rings. The molecule has 0 radical (unpaired) electrons. The number of nitriles is 1. The maximum absolute atomic E-state index is 12.8. The summed E-state index contributed by atoms with van der Waals surface area (Å²) in [7, 11) is 1.41. The van der Waals surface area contributed by atoms with Crippen LogP contribution in [0.1, 0.15) is 23.5 Å². The lowest BCUT2D eigenvalue weighted by atomic mass is 10.1. The fraction of sp³-hybridized carbons (Fsp3) is 0.455. The number of hydrogen-bond acceptors (Lipinski definition) is 5. The van der Waals surface area contributed by atoms with E-state index in [2.05, 4.69) is 15.3 Å². The molecule has 0 aromatic carbocycles. The lowest BCUT2D eigenvalue weighted by molar-refractivity contribution is -0.284. The first-order valence-electron chi connectivity index (χ1n) is 5.60. The summed E-state index contributed by atoms with van der Waals surface area (Å²) in [4.78, 5) is 7.32. The van der Waals surface area contributed by atoms with E-state index in [4.69, 9.17) is 10.7 Å². The highest BCUT2D eigenvalue weighted by molar-refractivity contribution is 5.86. The molecule has 0 bridgehead atoms. The number of alkyl halides is 5. The zero-order chi connectivity index (χ0) is 16.3. The third-order valence-corrected chi connectivity index (χ3v) is 2.56. The lowest BCUT2D eigenvalue weighted by Crippen LogP contribution is -2.36. The zero-order valence-corrected chi connectivity index (χ0v) is 10.7. The largest absolute Gasteiger partial charge is 0.453 e. The van der Waals surface area contributed by atoms with Crippen LogP contribution in [0, 0.1) is 16.7 Å². The standard InChI is InChI=1S/C11H10F5N5/c1-19-9-6(4-17)7(5-18)20-8(21-9)2-3-10(12,13)11(14,15)16/h4,17H,2-3H2,1H3,(H,19,20,21). The molecule has 114 valence electrons. The SMILES string of the molecule is CNc1nc(CCC(F)(F)C(F)(F)F)nc(C#N)c1C=N. The van der Waals surface area contributed by atoms with Crippen molar-refractivity contribution >= 4 is 12.0 Å². The number of anilines is 1. The van der Waals surface area contributed by atoms with Gasteiger partial charge in [0.05, 0.1) is 5.56 Å². The average molecular weight is 307 g/mol. The van der Waals surface area contributed by atoms with Crippen LogP contribution in [-0.4, -0.2) is 35.3 Å². The van der Waals surface area contributed by atoms with E-state index in [1.807, 2.05) is 0 Å². The molecule has 0 saturated carbocycles. The van der Waals surface area contributed by atoms with Crippen molar-refractivity contribution < 1.29 is 22.0 Å². The van der Waals surface area contributed by atoms with E-state index >= 15 is 0 Å². The molecule has 5 nitrogen and oxygen atoms in total. The van der Waals surface area contributed by atoms with Crippen molar-refractivity contribution in [3.63, 3.8) is 0 Å². The van der Waals surface area contributed by atoms with Gasteiger partial charge in [0, 0.05) is 26.1 Å². The molecule has 2 N–H and O–H groups in total. The number of aromatic nitrogens is 2. The first kappa shape index (κ1) is 16.7. The summed E-state index contributed by atoms with van der Waals surface area (Å²) in [5, 5.41) is 18.5. The fourth-order valence-electron chi connectivity index (χ4n) is 1.45. The lowest BCUT2D eigenvalue weighted by Gasteiger charge is -2.19. The van der Waals surface area contributed by atoms with Crippen molar-refractivity contribution in [3.05, 3.63) is 17.1 Å². The topological polar surface area (TPSA) is 85.5 Å². The Hall–Kier alpha value is -2.31. The first-order chi connectivity index (χ1) is 9.66. The molecule has 0 amide bonds. The number of nitrogens with one attached hydrogen (secondary N) is 2. The molecular weight excluding hydrogens is 297 g/mol. The first-order valence-corrected chi connectivity index (χ1v) is 5.60. The van der Waals surface area contributed by atoms with Crippen LogP contribution >= 0.6 is 0 Å². The molecule has 1 rings (SSSR count). The van der Waals surface area contributed by atoms with E-state index in [1.54, 1.807) is 6.07 Å². The molecule has 0 spiro atoms. The Morgan fingerprint density at radius 2 is 1.90 bits per heavy atom. The van der Waals surface area contributed by atoms with Crippen LogP contribution in [0.2, 0.25) is 0 Å². The summed E-state index contributed by atoms with van der Waals surface area (Å²) in [5.74, 6) is -5.17. The molecule has 21 heavy (non-hydrogen) atoms. The van der Waals surface area contributed by atoms with Crippen LogP contribution in [0.4, 0.5) is 27.8 Å². The second-order valence-corrected chi connectivity index (χ2v) is 3.96. The van der Waals surface area contributed by atoms with E-state index in [-0.39, 0.29) is 22.9 Å². The molecule has 0 aliphatic heterocycles. The predicted octanol–water partition coefficient (Wildman–Crippen LogP) is 2.52. The highest BCUT2D eigenvalue weighted by Gasteiger charge is 2.56. The number of hydrogen-bond donors (Lipinski definition) is 2. The van der Waals surface area contributed by atoms with Gasteiger partial charge >= 0.3 is 12.1 Å². The summed E-state index contributed by atoms with van der Waals surface area (Å²) in [6, 6.07) is 1.64. The number of rotatable bonds is 5. The zero-order valence-electron chi connectivity index (χ0n) is 10.7. The summed E-state index contributed by atoms with van der Waals surface area (Å²) in [6.07, 6.45) is -7.13. The van der Waals surface area contributed by atoms with E-state index in [1.165, 1.54) is 7.05 Å². The van der Waals surface area contributed by atoms with Crippen molar-refractivity contribution in [2.45, 2.75) is 24.9 Å². The van der Waals surface area contributed by atoms with Gasteiger partial charge in [-0.05, 0) is 0 Å². The minimum atomic E-state index is -5.65. The van der Waals surface area contributed by atoms with Crippen LogP contribution in [0.5, 0.6) is 0 Å². The summed E-state index contributed by atoms with van der Waals surface area (Å²) < 4.78 is 61.8. The van der Waals surface area contributed by atoms with Gasteiger partial charge in [0.2, 0.25) is 0 Å². The third kappa shape index (κ3) is 3.62. The van der Waals surface area contributed by atoms with Crippen LogP contribution in [0.25, 0.3) is 0 Å². The number of aryl methyl sites for hydroxylation is 1. The van der Waals surface area contributed by atoms with Gasteiger partial charge in [-0.1, -0.05) is 0 Å². The molecular formula is C11H10F5N5. The van der Waals surface area contributed by atoms with Gasteiger partial charge in [-0.25, -0.2) is 9.97 Å². The highest BCUT2D eigenvalue weighted by atomic mass is 19.4. The van der Waals surface area contributed by atoms with Gasteiger partial charge in [0.25, 0.3) is 0 Å². The summed E-state index contributed by atoms with van der Waals surface area (Å²) in [5.41, 5.74) is -0.235. The van der Waals surface area contributed by atoms with Gasteiger partial charge in [0.1, 0.15) is 17.7 Å². The van der Waals surface area contributed by atoms with Crippen molar-refractivity contribution in [1.82, 2.24) is 9.97 Å². The van der Waals surface area contributed by atoms with Gasteiger partial charge in [-0.3, -0.25) is 0 Å². The summed E-state index contributed by atoms with van der Waals surface area (Å²) >= 11 is 0. The van der Waals surface area contributed by atoms with E-state index < -0.39 is 24.9 Å². The van der Waals surface area contributed by atoms with Crippen LogP contribution < -0.4 is 5.32 Å². The van der Waals surface area contributed by atoms with Gasteiger partial charge in [-0.15, -0.1) is 0 Å². The Labute approximate surface area is 116 Å². The number of nitrogens with zero attached hydrogens (tertiary/aromatic N) is 3. The highest BCUT2D eigenvalue weighted by Crippen LogP contribution is 2.38. The molecule has 10 heteroatoms.